The Kier molecular flexibility index (Phi) is 5.84. The number of carbonyl (C=O) groups excluding carboxylic acids is 2. The molecule has 0 saturated heterocycles. The number of nitrogens with zero attached hydrogens (tertiary/aromatic N) is 3. The molecule has 0 unspecified atom stereocenters. The molecule has 0 radical (unpaired) electrons. The fourth-order valence-corrected chi connectivity index (χ4v) is 4.94. The number of rotatable bonds is 7. The van der Waals surface area contributed by atoms with E-state index in [1.165, 1.54) is 6.07 Å². The van der Waals surface area contributed by atoms with Crippen molar-refractivity contribution in [3.8, 4) is 11.3 Å². The third-order valence-electron chi connectivity index (χ3n) is 7.07. The van der Waals surface area contributed by atoms with E-state index in [-0.39, 0.29) is 60.3 Å². The summed E-state index contributed by atoms with van der Waals surface area (Å²) >= 11 is 0. The van der Waals surface area contributed by atoms with E-state index in [4.69, 9.17) is 9.62 Å². The van der Waals surface area contributed by atoms with Crippen LogP contribution in [-0.2, 0) is 23.1 Å². The highest BCUT2D eigenvalue weighted by Gasteiger charge is 2.66. The van der Waals surface area contributed by atoms with Gasteiger partial charge in [-0.3, -0.25) is 9.59 Å². The van der Waals surface area contributed by atoms with Crippen molar-refractivity contribution in [2.75, 3.05) is 5.32 Å². The van der Waals surface area contributed by atoms with Crippen LogP contribution in [0.25, 0.3) is 11.3 Å². The van der Waals surface area contributed by atoms with Gasteiger partial charge in [0.25, 0.3) is 0 Å². The summed E-state index contributed by atoms with van der Waals surface area (Å²) in [6.07, 6.45) is -4.09. The number of benzene rings is 1. The number of nitrogens with one attached hydrogen (secondary N) is 1. The highest BCUT2D eigenvalue weighted by atomic mass is 19.4. The van der Waals surface area contributed by atoms with E-state index in [1.807, 2.05) is 44.5 Å². The van der Waals surface area contributed by atoms with E-state index in [1.54, 1.807) is 12.1 Å². The molecule has 1 saturated carbocycles. The Morgan fingerprint density at radius 3 is 2.43 bits per heavy atom. The zero-order valence-electron chi connectivity index (χ0n) is 21.2. The predicted octanol–water partition coefficient (Wildman–Crippen LogP) is 5.84. The summed E-state index contributed by atoms with van der Waals surface area (Å²) in [6.45, 7) is 7.98. The quantitative estimate of drug-likeness (QED) is 0.426. The number of anilines is 1. The molecule has 1 aliphatic heterocycles. The van der Waals surface area contributed by atoms with Crippen LogP contribution < -0.4 is 5.32 Å². The largest absolute Gasteiger partial charge is 0.401 e. The van der Waals surface area contributed by atoms with Crippen LogP contribution in [-0.4, -0.2) is 38.2 Å². The van der Waals surface area contributed by atoms with Gasteiger partial charge in [0.05, 0.1) is 17.7 Å². The van der Waals surface area contributed by atoms with Crippen molar-refractivity contribution in [1.29, 1.82) is 0 Å². The van der Waals surface area contributed by atoms with E-state index in [2.05, 4.69) is 10.5 Å². The van der Waals surface area contributed by atoms with E-state index >= 15 is 0 Å². The lowest BCUT2D eigenvalue weighted by molar-refractivity contribution is -0.165. The number of hydrogen-bond acceptors (Lipinski definition) is 6. The first-order valence-electron chi connectivity index (χ1n) is 12.4. The number of alkyl halides is 3. The van der Waals surface area contributed by atoms with Crippen molar-refractivity contribution in [3.05, 3.63) is 52.9 Å². The monoisotopic (exact) mass is 514 g/mol. The van der Waals surface area contributed by atoms with Gasteiger partial charge < -0.3 is 9.84 Å². The van der Waals surface area contributed by atoms with Gasteiger partial charge in [-0.05, 0) is 46.1 Å². The first-order chi connectivity index (χ1) is 17.3. The van der Waals surface area contributed by atoms with Crippen LogP contribution in [0.15, 0.2) is 34.9 Å². The lowest BCUT2D eigenvalue weighted by atomic mass is 9.88. The average Bonchev–Trinajstić information content (AvgIpc) is 3.35. The second-order valence-corrected chi connectivity index (χ2v) is 11.1. The third-order valence-corrected chi connectivity index (χ3v) is 7.07. The van der Waals surface area contributed by atoms with Crippen LogP contribution in [0.1, 0.15) is 80.4 Å². The molecule has 37 heavy (non-hydrogen) atoms. The molecule has 1 aromatic carbocycles. The molecule has 0 bridgehead atoms. The molecule has 1 aliphatic carbocycles. The summed E-state index contributed by atoms with van der Waals surface area (Å²) in [5, 5.41) is 11.9. The normalized spacial score (nSPS) is 18.0. The summed E-state index contributed by atoms with van der Waals surface area (Å²) < 4.78 is 46.7. The topological polar surface area (TPSA) is 90.0 Å². The van der Waals surface area contributed by atoms with Crippen molar-refractivity contribution in [2.24, 2.45) is 0 Å². The summed E-state index contributed by atoms with van der Waals surface area (Å²) in [5.41, 5.74) is 0.570. The van der Waals surface area contributed by atoms with Crippen molar-refractivity contribution >= 4 is 17.4 Å². The van der Waals surface area contributed by atoms with Gasteiger partial charge in [-0.1, -0.05) is 29.4 Å². The standard InChI is InChI=1S/C27H29F3N4O3/c1-15(2)34-24-22(20(36)14-25(3,4)31-24)23(32-34)17-7-5-16(6-8-17)11-19(35)12-18-13-21(37-33-18)26(9-10-26)27(28,29)30/h5-8,13,15,31H,9-12,14H2,1-4H3. The molecule has 0 atom stereocenters. The Morgan fingerprint density at radius 1 is 1.16 bits per heavy atom. The minimum atomic E-state index is -4.39. The van der Waals surface area contributed by atoms with E-state index in [9.17, 15) is 22.8 Å². The summed E-state index contributed by atoms with van der Waals surface area (Å²) in [5.74, 6) is 0.345. The van der Waals surface area contributed by atoms with Gasteiger partial charge in [-0.2, -0.15) is 18.3 Å². The van der Waals surface area contributed by atoms with Crippen LogP contribution in [0.2, 0.25) is 0 Å². The molecule has 5 rings (SSSR count). The summed E-state index contributed by atoms with van der Waals surface area (Å²) in [7, 11) is 0. The molecule has 10 heteroatoms. The maximum atomic E-state index is 13.3. The predicted molar refractivity (Wildman–Crippen MR) is 131 cm³/mol. The number of carbonyl (C=O) groups is 2. The molecule has 3 heterocycles. The van der Waals surface area contributed by atoms with Gasteiger partial charge >= 0.3 is 6.18 Å². The van der Waals surface area contributed by atoms with Crippen LogP contribution >= 0.6 is 0 Å². The molecule has 196 valence electrons. The van der Waals surface area contributed by atoms with Crippen molar-refractivity contribution < 1.29 is 27.3 Å². The van der Waals surface area contributed by atoms with Crippen LogP contribution in [0, 0.1) is 0 Å². The second kappa shape index (κ2) is 8.56. The Labute approximate surface area is 212 Å². The molecule has 2 aromatic heterocycles. The first kappa shape index (κ1) is 25.2. The number of aromatic nitrogens is 3. The lowest BCUT2D eigenvalue weighted by Crippen LogP contribution is -2.39. The van der Waals surface area contributed by atoms with Crippen LogP contribution in [0.5, 0.6) is 0 Å². The van der Waals surface area contributed by atoms with Crippen LogP contribution in [0.3, 0.4) is 0 Å². The molecule has 3 aromatic rings. The van der Waals surface area contributed by atoms with Gasteiger partial charge in [-0.25, -0.2) is 4.68 Å². The molecular weight excluding hydrogens is 485 g/mol. The maximum Gasteiger partial charge on any atom is 0.401 e. The van der Waals surface area contributed by atoms with Crippen molar-refractivity contribution in [1.82, 2.24) is 14.9 Å². The van der Waals surface area contributed by atoms with Gasteiger partial charge in [-0.15, -0.1) is 0 Å². The number of fused-ring (bicyclic) bond motifs is 1. The van der Waals surface area contributed by atoms with Crippen molar-refractivity contribution in [2.45, 2.75) is 83.0 Å². The van der Waals surface area contributed by atoms with E-state index in [0.717, 1.165) is 16.9 Å². The summed E-state index contributed by atoms with van der Waals surface area (Å²) in [6, 6.07) is 8.57. The Morgan fingerprint density at radius 2 is 1.84 bits per heavy atom. The third kappa shape index (κ3) is 4.57. The smallest absolute Gasteiger partial charge is 0.364 e. The maximum absolute atomic E-state index is 13.3. The fraction of sp³-hybridized carbons (Fsp3) is 0.481. The number of hydrogen-bond donors (Lipinski definition) is 1. The first-order valence-corrected chi connectivity index (χ1v) is 12.4. The average molecular weight is 515 g/mol. The molecule has 0 amide bonds. The molecular formula is C27H29F3N4O3. The van der Waals surface area contributed by atoms with E-state index in [0.29, 0.717) is 17.7 Å². The second-order valence-electron chi connectivity index (χ2n) is 11.1. The van der Waals surface area contributed by atoms with Gasteiger partial charge in [0.15, 0.2) is 11.5 Å². The van der Waals surface area contributed by atoms with Crippen LogP contribution in [0.4, 0.5) is 19.0 Å². The number of ketones is 2. The Hall–Kier alpha value is -3.43. The SMILES string of the molecule is CC(C)n1nc(-c2ccc(CC(=O)Cc3cc(C4(C(F)(F)F)CC4)on3)cc2)c2c1NC(C)(C)CC2=O. The summed E-state index contributed by atoms with van der Waals surface area (Å²) in [4.78, 5) is 25.6. The molecule has 2 aliphatic rings. The van der Waals surface area contributed by atoms with Crippen molar-refractivity contribution in [3.63, 3.8) is 0 Å². The molecule has 0 spiro atoms. The van der Waals surface area contributed by atoms with E-state index < -0.39 is 11.6 Å². The zero-order chi connectivity index (χ0) is 26.8. The Bertz CT molecular complexity index is 1360. The minimum absolute atomic E-state index is 0.0243. The Balaban J connectivity index is 1.31. The number of halogens is 3. The number of Topliss-reactive ketones (excluding diaryl/α,β-unsaturated/α-hetero) is 2. The minimum Gasteiger partial charge on any atom is -0.364 e. The van der Waals surface area contributed by atoms with Gasteiger partial charge in [0.2, 0.25) is 0 Å². The molecule has 1 N–H and O–H groups in total. The fourth-order valence-electron chi connectivity index (χ4n) is 4.94. The zero-order valence-corrected chi connectivity index (χ0v) is 21.2. The lowest BCUT2D eigenvalue weighted by Gasteiger charge is -2.32. The molecule has 1 fully saturated rings. The highest BCUT2D eigenvalue weighted by Crippen LogP contribution is 2.59. The highest BCUT2D eigenvalue weighted by molar-refractivity contribution is 6.08. The van der Waals surface area contributed by atoms with Gasteiger partial charge in [0.1, 0.15) is 22.7 Å². The molecule has 7 nitrogen and oxygen atoms in total. The van der Waals surface area contributed by atoms with Gasteiger partial charge in [0, 0.05) is 36.1 Å².